The van der Waals surface area contributed by atoms with Crippen LogP contribution in [0.25, 0.3) is 10.8 Å². The molecule has 0 aliphatic carbocycles. The average Bonchev–Trinajstić information content (AvgIpc) is 2.91. The third-order valence-electron chi connectivity index (χ3n) is 7.00. The minimum Gasteiger partial charge on any atom is -0.494 e. The molecule has 180 valence electrons. The van der Waals surface area contributed by atoms with E-state index in [9.17, 15) is 0 Å². The quantitative estimate of drug-likeness (QED) is 0.473. The molecule has 2 aliphatic heterocycles. The maximum Gasteiger partial charge on any atom is 0.119 e. The van der Waals surface area contributed by atoms with Gasteiger partial charge in [-0.1, -0.05) is 48.5 Å². The van der Waals surface area contributed by atoms with E-state index < -0.39 is 0 Å². The molecule has 0 bridgehead atoms. The topological polar surface area (TPSA) is 43.0 Å². The minimum absolute atomic E-state index is 0.167. The molecule has 3 aromatic carbocycles. The van der Waals surface area contributed by atoms with Crippen LogP contribution in [0, 0.1) is 0 Å². The maximum atomic E-state index is 6.44. The van der Waals surface area contributed by atoms with E-state index in [1.807, 2.05) is 0 Å². The van der Waals surface area contributed by atoms with Crippen LogP contribution >= 0.6 is 0 Å². The normalized spacial score (nSPS) is 21.5. The molecule has 5 nitrogen and oxygen atoms in total. The maximum absolute atomic E-state index is 6.44. The fourth-order valence-corrected chi connectivity index (χ4v) is 5.03. The van der Waals surface area contributed by atoms with E-state index >= 15 is 0 Å². The summed E-state index contributed by atoms with van der Waals surface area (Å²) in [5.74, 6) is 1.35. The van der Waals surface area contributed by atoms with Gasteiger partial charge in [0.15, 0.2) is 0 Å². The smallest absolute Gasteiger partial charge is 0.119 e. The van der Waals surface area contributed by atoms with Gasteiger partial charge in [-0.15, -0.1) is 0 Å². The molecular formula is C29H36N2O3. The molecule has 0 aromatic heterocycles. The van der Waals surface area contributed by atoms with Crippen LogP contribution < -0.4 is 10.1 Å². The first-order valence-corrected chi connectivity index (χ1v) is 12.7. The summed E-state index contributed by atoms with van der Waals surface area (Å²) in [7, 11) is 0. The number of rotatable bonds is 9. The minimum atomic E-state index is 0.167. The van der Waals surface area contributed by atoms with Gasteiger partial charge in [-0.25, -0.2) is 0 Å². The Morgan fingerprint density at radius 1 is 0.941 bits per heavy atom. The van der Waals surface area contributed by atoms with Gasteiger partial charge in [0.2, 0.25) is 0 Å². The SMILES string of the molecule is c1ccc2cc(COC3CNCCC3c3ccc(OCCCN4CCOCC4)cc3)ccc2c1. The number of ether oxygens (including phenoxy) is 3. The van der Waals surface area contributed by atoms with E-state index in [-0.39, 0.29) is 6.10 Å². The van der Waals surface area contributed by atoms with Gasteiger partial charge in [-0.3, -0.25) is 4.90 Å². The Morgan fingerprint density at radius 3 is 2.62 bits per heavy atom. The van der Waals surface area contributed by atoms with Crippen molar-refractivity contribution in [2.45, 2.75) is 31.5 Å². The van der Waals surface area contributed by atoms with Crippen LogP contribution in [0.2, 0.25) is 0 Å². The van der Waals surface area contributed by atoms with Gasteiger partial charge in [-0.05, 0) is 59.5 Å². The molecule has 5 rings (SSSR count). The van der Waals surface area contributed by atoms with Crippen molar-refractivity contribution >= 4 is 10.8 Å². The first-order chi connectivity index (χ1) is 16.8. The van der Waals surface area contributed by atoms with Gasteiger partial charge in [0.05, 0.1) is 32.5 Å². The van der Waals surface area contributed by atoms with Gasteiger partial charge in [0.1, 0.15) is 5.75 Å². The van der Waals surface area contributed by atoms with E-state index in [0.717, 1.165) is 71.1 Å². The molecule has 0 spiro atoms. The molecule has 2 unspecified atom stereocenters. The predicted molar refractivity (Wildman–Crippen MR) is 137 cm³/mol. The van der Waals surface area contributed by atoms with Crippen LogP contribution in [0.3, 0.4) is 0 Å². The highest BCUT2D eigenvalue weighted by atomic mass is 16.5. The Balaban J connectivity index is 1.13. The molecule has 0 amide bonds. The van der Waals surface area contributed by atoms with Crippen molar-refractivity contribution in [2.24, 2.45) is 0 Å². The summed E-state index contributed by atoms with van der Waals surface area (Å²) in [6, 6.07) is 23.8. The number of nitrogens with zero attached hydrogens (tertiary/aromatic N) is 1. The van der Waals surface area contributed by atoms with Crippen LogP contribution in [0.15, 0.2) is 66.7 Å². The first kappa shape index (κ1) is 23.3. The third kappa shape index (κ3) is 6.16. The van der Waals surface area contributed by atoms with Crippen LogP contribution in [0.5, 0.6) is 5.75 Å². The lowest BCUT2D eigenvalue weighted by molar-refractivity contribution is 0.0106. The predicted octanol–water partition coefficient (Wildman–Crippen LogP) is 4.60. The number of nitrogens with one attached hydrogen (secondary N) is 1. The third-order valence-corrected chi connectivity index (χ3v) is 7.00. The largest absolute Gasteiger partial charge is 0.494 e. The van der Waals surface area contributed by atoms with Crippen molar-refractivity contribution in [1.82, 2.24) is 10.2 Å². The highest BCUT2D eigenvalue weighted by Crippen LogP contribution is 2.30. The van der Waals surface area contributed by atoms with Gasteiger partial charge in [-0.2, -0.15) is 0 Å². The molecule has 5 heteroatoms. The summed E-state index contributed by atoms with van der Waals surface area (Å²) in [4.78, 5) is 2.45. The van der Waals surface area contributed by atoms with Crippen molar-refractivity contribution in [3.8, 4) is 5.75 Å². The molecule has 2 fully saturated rings. The molecule has 0 radical (unpaired) electrons. The number of piperidine rings is 1. The van der Waals surface area contributed by atoms with Crippen LogP contribution in [-0.2, 0) is 16.1 Å². The van der Waals surface area contributed by atoms with Gasteiger partial charge < -0.3 is 19.5 Å². The zero-order chi connectivity index (χ0) is 23.0. The molecule has 0 saturated carbocycles. The lowest BCUT2D eigenvalue weighted by atomic mass is 9.87. The molecule has 34 heavy (non-hydrogen) atoms. The van der Waals surface area contributed by atoms with Crippen molar-refractivity contribution in [3.05, 3.63) is 77.9 Å². The highest BCUT2D eigenvalue weighted by Gasteiger charge is 2.27. The zero-order valence-electron chi connectivity index (χ0n) is 20.0. The Labute approximate surface area is 203 Å². The van der Waals surface area contributed by atoms with Crippen molar-refractivity contribution in [2.75, 3.05) is 52.5 Å². The van der Waals surface area contributed by atoms with E-state index in [2.05, 4.69) is 76.9 Å². The van der Waals surface area contributed by atoms with Gasteiger partial charge in [0.25, 0.3) is 0 Å². The van der Waals surface area contributed by atoms with Crippen molar-refractivity contribution < 1.29 is 14.2 Å². The van der Waals surface area contributed by atoms with E-state index in [4.69, 9.17) is 14.2 Å². The Kier molecular flexibility index (Phi) is 8.09. The lowest BCUT2D eigenvalue weighted by Crippen LogP contribution is -2.40. The molecule has 2 atom stereocenters. The van der Waals surface area contributed by atoms with Crippen molar-refractivity contribution in [1.29, 1.82) is 0 Å². The lowest BCUT2D eigenvalue weighted by Gasteiger charge is -2.32. The first-order valence-electron chi connectivity index (χ1n) is 12.7. The van der Waals surface area contributed by atoms with E-state index in [1.165, 1.54) is 21.9 Å². The number of benzene rings is 3. The Morgan fingerprint density at radius 2 is 1.76 bits per heavy atom. The van der Waals surface area contributed by atoms with Crippen LogP contribution in [0.4, 0.5) is 0 Å². The fourth-order valence-electron chi connectivity index (χ4n) is 5.03. The second-order valence-corrected chi connectivity index (χ2v) is 9.36. The second kappa shape index (κ2) is 11.8. The molecule has 3 aromatic rings. The Bertz CT molecular complexity index is 1030. The highest BCUT2D eigenvalue weighted by molar-refractivity contribution is 5.82. The van der Waals surface area contributed by atoms with Gasteiger partial charge in [0, 0.05) is 32.1 Å². The van der Waals surface area contributed by atoms with Crippen LogP contribution in [-0.4, -0.2) is 63.5 Å². The molecular weight excluding hydrogens is 424 g/mol. The summed E-state index contributed by atoms with van der Waals surface area (Å²) >= 11 is 0. The number of fused-ring (bicyclic) bond motifs is 1. The van der Waals surface area contributed by atoms with E-state index in [1.54, 1.807) is 0 Å². The zero-order valence-corrected chi connectivity index (χ0v) is 20.0. The molecule has 2 saturated heterocycles. The Hall–Kier alpha value is -2.44. The van der Waals surface area contributed by atoms with Crippen molar-refractivity contribution in [3.63, 3.8) is 0 Å². The summed E-state index contributed by atoms with van der Waals surface area (Å²) in [5.41, 5.74) is 2.56. The average molecular weight is 461 g/mol. The number of hydrogen-bond acceptors (Lipinski definition) is 5. The van der Waals surface area contributed by atoms with Gasteiger partial charge >= 0.3 is 0 Å². The van der Waals surface area contributed by atoms with Crippen LogP contribution in [0.1, 0.15) is 29.9 Å². The summed E-state index contributed by atoms with van der Waals surface area (Å²) in [5, 5.41) is 6.05. The monoisotopic (exact) mass is 460 g/mol. The molecule has 2 heterocycles. The standard InChI is InChI=1S/C29H36N2O3/c1-2-5-26-20-23(6-7-24(26)4-1)22-34-29-21-30-13-12-28(29)25-8-10-27(11-9-25)33-17-3-14-31-15-18-32-19-16-31/h1-2,4-11,20,28-30H,3,12-19,21-22H2. The number of hydrogen-bond donors (Lipinski definition) is 1. The second-order valence-electron chi connectivity index (χ2n) is 9.36. The fraction of sp³-hybridized carbons (Fsp3) is 0.448. The summed E-state index contributed by atoms with van der Waals surface area (Å²) in [6.45, 7) is 8.16. The molecule has 1 N–H and O–H groups in total. The number of morpholine rings is 1. The van der Waals surface area contributed by atoms with E-state index in [0.29, 0.717) is 12.5 Å². The summed E-state index contributed by atoms with van der Waals surface area (Å²) < 4.78 is 17.9. The molecule has 2 aliphatic rings. The summed E-state index contributed by atoms with van der Waals surface area (Å²) in [6.07, 6.45) is 2.29.